The fourth-order valence-electron chi connectivity index (χ4n) is 3.94. The number of carbonyl (C=O) groups excluding carboxylic acids is 3. The molecular weight excluding hydrogens is 386 g/mol. The Labute approximate surface area is 177 Å². The first-order valence-corrected chi connectivity index (χ1v) is 10.2. The van der Waals surface area contributed by atoms with Crippen molar-refractivity contribution in [3.63, 3.8) is 0 Å². The van der Waals surface area contributed by atoms with Crippen LogP contribution in [0.3, 0.4) is 0 Å². The average molecular weight is 415 g/mol. The van der Waals surface area contributed by atoms with E-state index in [1.165, 1.54) is 11.1 Å². The number of methoxy groups -OCH3 is 2. The number of nitrogens with zero attached hydrogens (tertiary/aromatic N) is 3. The van der Waals surface area contributed by atoms with Gasteiger partial charge in [0.2, 0.25) is 11.8 Å². The Hall–Kier alpha value is -3.03. The third kappa shape index (κ3) is 4.75. The van der Waals surface area contributed by atoms with Gasteiger partial charge >= 0.3 is 0 Å². The molecule has 3 rings (SSSR count). The molecular formula is C22H29N3O5. The first kappa shape index (κ1) is 21.7. The monoisotopic (exact) mass is 415 g/mol. The second-order valence-electron chi connectivity index (χ2n) is 7.50. The molecule has 0 bridgehead atoms. The van der Waals surface area contributed by atoms with Crippen LogP contribution in [0.15, 0.2) is 24.3 Å². The molecule has 1 aromatic carbocycles. The summed E-state index contributed by atoms with van der Waals surface area (Å²) in [5.41, 5.74) is 0.721. The van der Waals surface area contributed by atoms with E-state index in [9.17, 15) is 14.4 Å². The molecule has 0 spiro atoms. The maximum atomic E-state index is 13.0. The van der Waals surface area contributed by atoms with Gasteiger partial charge in [0.1, 0.15) is 11.5 Å². The van der Waals surface area contributed by atoms with Gasteiger partial charge in [-0.2, -0.15) is 0 Å². The van der Waals surface area contributed by atoms with Crippen molar-refractivity contribution in [2.75, 3.05) is 40.4 Å². The van der Waals surface area contributed by atoms with Gasteiger partial charge in [-0.25, -0.2) is 5.01 Å². The van der Waals surface area contributed by atoms with Crippen molar-refractivity contribution in [2.24, 2.45) is 5.92 Å². The van der Waals surface area contributed by atoms with Gasteiger partial charge in [-0.3, -0.25) is 19.4 Å². The molecule has 0 radical (unpaired) electrons. The zero-order valence-electron chi connectivity index (χ0n) is 17.8. The normalized spacial score (nSPS) is 17.5. The summed E-state index contributed by atoms with van der Waals surface area (Å²) in [4.78, 5) is 39.1. The molecule has 0 aliphatic carbocycles. The van der Waals surface area contributed by atoms with Crippen LogP contribution in [0, 0.1) is 5.92 Å². The minimum absolute atomic E-state index is 0.0311. The van der Waals surface area contributed by atoms with Crippen molar-refractivity contribution in [1.29, 1.82) is 0 Å². The van der Waals surface area contributed by atoms with Crippen LogP contribution < -0.4 is 9.47 Å². The van der Waals surface area contributed by atoms with Crippen LogP contribution in [0.5, 0.6) is 11.5 Å². The van der Waals surface area contributed by atoms with E-state index in [0.29, 0.717) is 50.5 Å². The van der Waals surface area contributed by atoms with E-state index in [1.807, 2.05) is 0 Å². The molecule has 0 atom stereocenters. The Morgan fingerprint density at radius 1 is 1.00 bits per heavy atom. The van der Waals surface area contributed by atoms with Crippen molar-refractivity contribution in [3.8, 4) is 11.5 Å². The number of amides is 3. The number of hydrogen-bond acceptors (Lipinski definition) is 5. The quantitative estimate of drug-likeness (QED) is 0.687. The van der Waals surface area contributed by atoms with Crippen LogP contribution in [0.2, 0.25) is 0 Å². The Kier molecular flexibility index (Phi) is 6.97. The first-order chi connectivity index (χ1) is 14.4. The maximum absolute atomic E-state index is 13.0. The average Bonchev–Trinajstić information content (AvgIpc) is 3.26. The largest absolute Gasteiger partial charge is 0.497 e. The van der Waals surface area contributed by atoms with E-state index in [-0.39, 0.29) is 23.6 Å². The van der Waals surface area contributed by atoms with Crippen molar-refractivity contribution < 1.29 is 23.9 Å². The van der Waals surface area contributed by atoms with E-state index in [2.05, 4.69) is 0 Å². The summed E-state index contributed by atoms with van der Waals surface area (Å²) in [5.74, 6) is 0.904. The van der Waals surface area contributed by atoms with Gasteiger partial charge in [-0.1, -0.05) is 0 Å². The van der Waals surface area contributed by atoms with E-state index >= 15 is 0 Å². The maximum Gasteiger partial charge on any atom is 0.265 e. The lowest BCUT2D eigenvalue weighted by molar-refractivity contribution is -0.159. The fourth-order valence-corrected chi connectivity index (χ4v) is 3.94. The van der Waals surface area contributed by atoms with Gasteiger partial charge < -0.3 is 14.4 Å². The van der Waals surface area contributed by atoms with Crippen molar-refractivity contribution in [2.45, 2.75) is 26.2 Å². The number of rotatable bonds is 5. The van der Waals surface area contributed by atoms with E-state index < -0.39 is 0 Å². The van der Waals surface area contributed by atoms with E-state index in [1.54, 1.807) is 55.3 Å². The van der Waals surface area contributed by atoms with E-state index in [4.69, 9.17) is 9.47 Å². The molecule has 0 aromatic heterocycles. The topological polar surface area (TPSA) is 79.4 Å². The highest BCUT2D eigenvalue weighted by atomic mass is 16.5. The van der Waals surface area contributed by atoms with Gasteiger partial charge in [0, 0.05) is 50.7 Å². The molecule has 3 amide bonds. The Morgan fingerprint density at radius 3 is 2.33 bits per heavy atom. The van der Waals surface area contributed by atoms with Crippen LogP contribution in [0.4, 0.5) is 0 Å². The predicted octanol–water partition coefficient (Wildman–Crippen LogP) is 1.95. The van der Waals surface area contributed by atoms with E-state index in [0.717, 1.165) is 12.0 Å². The molecule has 1 aromatic rings. The summed E-state index contributed by atoms with van der Waals surface area (Å²) in [6, 6.07) is 5.36. The minimum Gasteiger partial charge on any atom is -0.497 e. The number of likely N-dealkylation sites (tertiary alicyclic amines) is 1. The molecule has 0 N–H and O–H groups in total. The number of hydrogen-bond donors (Lipinski definition) is 0. The molecule has 2 heterocycles. The lowest BCUT2D eigenvalue weighted by Gasteiger charge is -2.35. The number of hydrazine groups is 1. The zero-order chi connectivity index (χ0) is 21.7. The lowest BCUT2D eigenvalue weighted by atomic mass is 9.95. The van der Waals surface area contributed by atoms with Gasteiger partial charge in [0.25, 0.3) is 5.91 Å². The standard InChI is InChI=1S/C22H29N3O5/c1-16(26)23-13-9-17(10-14-23)22(28)25-12-4-11-24(25)21(27)8-5-18-15-19(29-2)6-7-20(18)30-3/h5-8,15,17H,4,9-14H2,1-3H3. The highest BCUT2D eigenvalue weighted by Crippen LogP contribution is 2.26. The minimum atomic E-state index is -0.244. The second-order valence-corrected chi connectivity index (χ2v) is 7.50. The van der Waals surface area contributed by atoms with Crippen LogP contribution in [-0.4, -0.2) is 73.0 Å². The number of benzene rings is 1. The van der Waals surface area contributed by atoms with Crippen molar-refractivity contribution in [1.82, 2.24) is 14.9 Å². The molecule has 2 aliphatic heterocycles. The Balaban J connectivity index is 1.67. The van der Waals surface area contributed by atoms with Gasteiger partial charge in [-0.15, -0.1) is 0 Å². The molecule has 30 heavy (non-hydrogen) atoms. The first-order valence-electron chi connectivity index (χ1n) is 10.2. The summed E-state index contributed by atoms with van der Waals surface area (Å²) in [6.07, 6.45) is 5.15. The van der Waals surface area contributed by atoms with Crippen molar-refractivity contribution in [3.05, 3.63) is 29.8 Å². The summed E-state index contributed by atoms with van der Waals surface area (Å²) in [6.45, 7) is 3.77. The predicted molar refractivity (Wildman–Crippen MR) is 112 cm³/mol. The summed E-state index contributed by atoms with van der Waals surface area (Å²) in [5, 5.41) is 3.09. The van der Waals surface area contributed by atoms with Crippen LogP contribution >= 0.6 is 0 Å². The van der Waals surface area contributed by atoms with Crippen LogP contribution in [0.25, 0.3) is 6.08 Å². The number of ether oxygens (including phenoxy) is 2. The van der Waals surface area contributed by atoms with Crippen molar-refractivity contribution >= 4 is 23.8 Å². The second kappa shape index (κ2) is 9.65. The lowest BCUT2D eigenvalue weighted by Crippen LogP contribution is -2.49. The third-order valence-electron chi connectivity index (χ3n) is 5.67. The summed E-state index contributed by atoms with van der Waals surface area (Å²) >= 11 is 0. The summed E-state index contributed by atoms with van der Waals surface area (Å²) < 4.78 is 10.6. The molecule has 0 unspecified atom stereocenters. The molecule has 0 saturated carbocycles. The molecule has 2 aliphatic rings. The SMILES string of the molecule is COc1ccc(OC)c(C=CC(=O)N2CCCN2C(=O)C2CCN(C(C)=O)CC2)c1. The molecule has 8 nitrogen and oxygen atoms in total. The highest BCUT2D eigenvalue weighted by molar-refractivity contribution is 5.94. The molecule has 8 heteroatoms. The van der Waals surface area contributed by atoms with Crippen LogP contribution in [0.1, 0.15) is 31.7 Å². The molecule has 2 fully saturated rings. The third-order valence-corrected chi connectivity index (χ3v) is 5.67. The van der Waals surface area contributed by atoms with Gasteiger partial charge in [0.15, 0.2) is 0 Å². The smallest absolute Gasteiger partial charge is 0.265 e. The zero-order valence-corrected chi connectivity index (χ0v) is 17.8. The van der Waals surface area contributed by atoms with Crippen LogP contribution in [-0.2, 0) is 14.4 Å². The van der Waals surface area contributed by atoms with Gasteiger partial charge in [-0.05, 0) is 43.5 Å². The Morgan fingerprint density at radius 2 is 1.70 bits per heavy atom. The molecule has 2 saturated heterocycles. The van der Waals surface area contributed by atoms with Gasteiger partial charge in [0.05, 0.1) is 14.2 Å². The fraction of sp³-hybridized carbons (Fsp3) is 0.500. The molecule has 162 valence electrons. The number of piperidine rings is 1. The summed E-state index contributed by atoms with van der Waals surface area (Å²) in [7, 11) is 3.15. The number of carbonyl (C=O) groups is 3. The Bertz CT molecular complexity index is 830. The highest BCUT2D eigenvalue weighted by Gasteiger charge is 2.35.